The third-order valence-corrected chi connectivity index (χ3v) is 4.46. The van der Waals surface area contributed by atoms with Crippen LogP contribution in [0.5, 0.6) is 11.5 Å². The SMILES string of the molecule is COc1ccc(C(Nc2nc3ccccc3o2)c2ccc(OC)cc2)cc1. The monoisotopic (exact) mass is 360 g/mol. The highest BCUT2D eigenvalue weighted by Crippen LogP contribution is 2.30. The molecule has 4 aromatic rings. The minimum absolute atomic E-state index is 0.130. The normalized spacial score (nSPS) is 10.9. The van der Waals surface area contributed by atoms with Crippen LogP contribution in [0, 0.1) is 0 Å². The first-order chi connectivity index (χ1) is 13.3. The van der Waals surface area contributed by atoms with Crippen LogP contribution in [0.4, 0.5) is 6.01 Å². The van der Waals surface area contributed by atoms with Gasteiger partial charge in [0, 0.05) is 0 Å². The average molecular weight is 360 g/mol. The highest BCUT2D eigenvalue weighted by Gasteiger charge is 2.17. The number of benzene rings is 3. The van der Waals surface area contributed by atoms with Gasteiger partial charge in [0.05, 0.1) is 20.3 Å². The van der Waals surface area contributed by atoms with Gasteiger partial charge >= 0.3 is 0 Å². The smallest absolute Gasteiger partial charge is 0.296 e. The number of nitrogens with zero attached hydrogens (tertiary/aromatic N) is 1. The van der Waals surface area contributed by atoms with Gasteiger partial charge in [-0.05, 0) is 47.5 Å². The van der Waals surface area contributed by atoms with Crippen molar-refractivity contribution in [2.45, 2.75) is 6.04 Å². The number of ether oxygens (including phenoxy) is 2. The van der Waals surface area contributed by atoms with E-state index in [1.807, 2.05) is 72.8 Å². The van der Waals surface area contributed by atoms with E-state index in [1.54, 1.807) is 14.2 Å². The number of para-hydroxylation sites is 2. The Hall–Kier alpha value is -3.47. The number of methoxy groups -OCH3 is 2. The Morgan fingerprint density at radius 2 is 1.33 bits per heavy atom. The van der Waals surface area contributed by atoms with Crippen LogP contribution in [-0.4, -0.2) is 19.2 Å². The summed E-state index contributed by atoms with van der Waals surface area (Å²) in [6, 6.07) is 24.0. The summed E-state index contributed by atoms with van der Waals surface area (Å²) in [4.78, 5) is 4.54. The van der Waals surface area contributed by atoms with Crippen molar-refractivity contribution in [3.8, 4) is 11.5 Å². The molecule has 1 N–H and O–H groups in total. The standard InChI is InChI=1S/C22H20N2O3/c1-25-17-11-7-15(8-12-17)21(16-9-13-18(26-2)14-10-16)24-22-23-19-5-3-4-6-20(19)27-22/h3-14,21H,1-2H3,(H,23,24). The second-order valence-corrected chi connectivity index (χ2v) is 6.11. The van der Waals surface area contributed by atoms with Crippen molar-refractivity contribution in [2.24, 2.45) is 0 Å². The molecule has 27 heavy (non-hydrogen) atoms. The molecule has 3 aromatic carbocycles. The van der Waals surface area contributed by atoms with Crippen molar-refractivity contribution in [1.29, 1.82) is 0 Å². The Balaban J connectivity index is 1.71. The third kappa shape index (κ3) is 3.58. The van der Waals surface area contributed by atoms with Crippen LogP contribution in [0.2, 0.25) is 0 Å². The van der Waals surface area contributed by atoms with Crippen LogP contribution >= 0.6 is 0 Å². The Labute approximate surface area is 157 Å². The predicted octanol–water partition coefficient (Wildman–Crippen LogP) is 5.05. The number of aromatic nitrogens is 1. The third-order valence-electron chi connectivity index (χ3n) is 4.46. The van der Waals surface area contributed by atoms with Gasteiger partial charge in [-0.1, -0.05) is 36.4 Å². The van der Waals surface area contributed by atoms with E-state index < -0.39 is 0 Å². The van der Waals surface area contributed by atoms with E-state index in [2.05, 4.69) is 10.3 Å². The molecule has 1 heterocycles. The van der Waals surface area contributed by atoms with Crippen LogP contribution in [0.1, 0.15) is 17.2 Å². The number of hydrogen-bond acceptors (Lipinski definition) is 5. The zero-order chi connectivity index (χ0) is 18.6. The van der Waals surface area contributed by atoms with Gasteiger partial charge in [-0.2, -0.15) is 4.98 Å². The Kier molecular flexibility index (Phi) is 4.66. The summed E-state index contributed by atoms with van der Waals surface area (Å²) in [5.41, 5.74) is 3.72. The molecule has 4 rings (SSSR count). The van der Waals surface area contributed by atoms with Crippen molar-refractivity contribution < 1.29 is 13.9 Å². The number of rotatable bonds is 6. The van der Waals surface area contributed by atoms with E-state index in [-0.39, 0.29) is 6.04 Å². The summed E-state index contributed by atoms with van der Waals surface area (Å²) in [5.74, 6) is 1.63. The van der Waals surface area contributed by atoms with Gasteiger partial charge in [-0.3, -0.25) is 0 Å². The van der Waals surface area contributed by atoms with Crippen molar-refractivity contribution >= 4 is 17.1 Å². The maximum Gasteiger partial charge on any atom is 0.296 e. The van der Waals surface area contributed by atoms with Crippen molar-refractivity contribution in [1.82, 2.24) is 4.98 Å². The lowest BCUT2D eigenvalue weighted by molar-refractivity contribution is 0.414. The average Bonchev–Trinajstić information content (AvgIpc) is 3.15. The molecule has 0 unspecified atom stereocenters. The number of oxazole rings is 1. The van der Waals surface area contributed by atoms with Gasteiger partial charge in [0.1, 0.15) is 17.0 Å². The Morgan fingerprint density at radius 1 is 0.778 bits per heavy atom. The predicted molar refractivity (Wildman–Crippen MR) is 105 cm³/mol. The largest absolute Gasteiger partial charge is 0.497 e. The summed E-state index contributed by atoms with van der Waals surface area (Å²) in [6.45, 7) is 0. The van der Waals surface area contributed by atoms with Crippen LogP contribution in [0.25, 0.3) is 11.1 Å². The second-order valence-electron chi connectivity index (χ2n) is 6.11. The molecule has 0 amide bonds. The van der Waals surface area contributed by atoms with Gasteiger partial charge in [0.15, 0.2) is 5.58 Å². The fraction of sp³-hybridized carbons (Fsp3) is 0.136. The van der Waals surface area contributed by atoms with Crippen molar-refractivity contribution in [2.75, 3.05) is 19.5 Å². The lowest BCUT2D eigenvalue weighted by Crippen LogP contribution is -2.12. The van der Waals surface area contributed by atoms with Gasteiger partial charge in [-0.25, -0.2) is 0 Å². The lowest BCUT2D eigenvalue weighted by Gasteiger charge is -2.19. The number of nitrogens with one attached hydrogen (secondary N) is 1. The number of hydrogen-bond donors (Lipinski definition) is 1. The molecule has 0 bridgehead atoms. The molecule has 1 aromatic heterocycles. The van der Waals surface area contributed by atoms with Crippen molar-refractivity contribution in [3.05, 3.63) is 83.9 Å². The van der Waals surface area contributed by atoms with E-state index in [0.717, 1.165) is 33.7 Å². The Bertz CT molecular complexity index is 943. The van der Waals surface area contributed by atoms with Crippen LogP contribution < -0.4 is 14.8 Å². The summed E-state index contributed by atoms with van der Waals surface area (Å²) in [5, 5.41) is 3.42. The first-order valence-electron chi connectivity index (χ1n) is 8.67. The highest BCUT2D eigenvalue weighted by atomic mass is 16.5. The maximum atomic E-state index is 5.86. The summed E-state index contributed by atoms with van der Waals surface area (Å²) < 4.78 is 16.4. The topological polar surface area (TPSA) is 56.5 Å². The molecule has 0 saturated heterocycles. The molecule has 0 radical (unpaired) electrons. The quantitative estimate of drug-likeness (QED) is 0.522. The number of fused-ring (bicyclic) bond motifs is 1. The van der Waals surface area contributed by atoms with Crippen LogP contribution in [0.15, 0.2) is 77.2 Å². The highest BCUT2D eigenvalue weighted by molar-refractivity contribution is 5.74. The maximum absolute atomic E-state index is 5.86. The Morgan fingerprint density at radius 3 is 1.85 bits per heavy atom. The van der Waals surface area contributed by atoms with Gasteiger partial charge in [0.25, 0.3) is 6.01 Å². The summed E-state index contributed by atoms with van der Waals surface area (Å²) in [6.07, 6.45) is 0. The summed E-state index contributed by atoms with van der Waals surface area (Å²) in [7, 11) is 3.32. The zero-order valence-electron chi connectivity index (χ0n) is 15.2. The molecule has 0 aliphatic rings. The van der Waals surface area contributed by atoms with Crippen molar-refractivity contribution in [3.63, 3.8) is 0 Å². The zero-order valence-corrected chi connectivity index (χ0v) is 15.2. The molecular weight excluding hydrogens is 340 g/mol. The van der Waals surface area contributed by atoms with E-state index in [4.69, 9.17) is 13.9 Å². The minimum Gasteiger partial charge on any atom is -0.497 e. The van der Waals surface area contributed by atoms with Crippen LogP contribution in [-0.2, 0) is 0 Å². The first-order valence-corrected chi connectivity index (χ1v) is 8.67. The number of anilines is 1. The summed E-state index contributed by atoms with van der Waals surface area (Å²) >= 11 is 0. The van der Waals surface area contributed by atoms with Gasteiger partial charge in [0.2, 0.25) is 0 Å². The van der Waals surface area contributed by atoms with E-state index in [9.17, 15) is 0 Å². The fourth-order valence-corrected chi connectivity index (χ4v) is 3.01. The fourth-order valence-electron chi connectivity index (χ4n) is 3.01. The molecule has 5 nitrogen and oxygen atoms in total. The van der Waals surface area contributed by atoms with E-state index in [1.165, 1.54) is 0 Å². The van der Waals surface area contributed by atoms with Gasteiger partial charge < -0.3 is 19.2 Å². The molecule has 136 valence electrons. The van der Waals surface area contributed by atoms with E-state index in [0.29, 0.717) is 6.01 Å². The second kappa shape index (κ2) is 7.41. The molecule has 0 atom stereocenters. The molecule has 0 aliphatic heterocycles. The molecular formula is C22H20N2O3. The molecule has 0 aliphatic carbocycles. The molecule has 0 spiro atoms. The van der Waals surface area contributed by atoms with E-state index >= 15 is 0 Å². The lowest BCUT2D eigenvalue weighted by atomic mass is 9.98. The molecule has 0 saturated carbocycles. The minimum atomic E-state index is -0.130. The molecule has 5 heteroatoms. The van der Waals surface area contributed by atoms with Gasteiger partial charge in [-0.15, -0.1) is 0 Å². The molecule has 0 fully saturated rings. The van der Waals surface area contributed by atoms with Crippen LogP contribution in [0.3, 0.4) is 0 Å². The first kappa shape index (κ1) is 17.0.